The van der Waals surface area contributed by atoms with E-state index < -0.39 is 0 Å². The highest BCUT2D eigenvalue weighted by atomic mass is 19.1. The molecule has 2 aromatic carbocycles. The van der Waals surface area contributed by atoms with Gasteiger partial charge in [-0.25, -0.2) is 9.38 Å². The van der Waals surface area contributed by atoms with Crippen LogP contribution in [0.5, 0.6) is 0 Å². The Hall–Kier alpha value is -2.60. The van der Waals surface area contributed by atoms with Gasteiger partial charge in [-0.2, -0.15) is 0 Å². The van der Waals surface area contributed by atoms with Gasteiger partial charge in [0.25, 0.3) is 0 Å². The van der Waals surface area contributed by atoms with Gasteiger partial charge in [-0.3, -0.25) is 0 Å². The quantitative estimate of drug-likeness (QED) is 0.558. The maximum atomic E-state index is 14.5. The molecule has 1 fully saturated rings. The van der Waals surface area contributed by atoms with Gasteiger partial charge in [0.15, 0.2) is 5.96 Å². The lowest BCUT2D eigenvalue weighted by atomic mass is 10.1. The van der Waals surface area contributed by atoms with Crippen LogP contribution in [0.15, 0.2) is 47.5 Å². The number of benzene rings is 2. The lowest BCUT2D eigenvalue weighted by molar-refractivity contribution is 0.145. The molecule has 0 aromatic heterocycles. The summed E-state index contributed by atoms with van der Waals surface area (Å²) in [7, 11) is 0. The number of nitrogens with two attached hydrogens (primary N) is 1. The lowest BCUT2D eigenvalue weighted by Gasteiger charge is -2.31. The highest BCUT2D eigenvalue weighted by Crippen LogP contribution is 2.24. The van der Waals surface area contributed by atoms with Gasteiger partial charge in [0.05, 0.1) is 18.3 Å². The molecule has 6 heteroatoms. The van der Waals surface area contributed by atoms with Crippen LogP contribution in [0.1, 0.15) is 30.9 Å². The van der Waals surface area contributed by atoms with Gasteiger partial charge in [-0.15, -0.1) is 0 Å². The fourth-order valence-electron chi connectivity index (χ4n) is 3.24. The Kier molecular flexibility index (Phi) is 6.29. The Bertz CT molecular complexity index is 801. The fourth-order valence-corrected chi connectivity index (χ4v) is 3.24. The lowest BCUT2D eigenvalue weighted by Crippen LogP contribution is -2.36. The number of nitrogens with one attached hydrogen (secondary N) is 1. The number of aryl methyl sites for hydroxylation is 1. The number of nitrogens with zero attached hydrogens (tertiary/aromatic N) is 2. The number of hydrogen-bond donors (Lipinski definition) is 3. The van der Waals surface area contributed by atoms with E-state index >= 15 is 0 Å². The van der Waals surface area contributed by atoms with Crippen LogP contribution in [0.3, 0.4) is 0 Å². The van der Waals surface area contributed by atoms with Crippen molar-refractivity contribution in [2.24, 2.45) is 10.7 Å². The largest absolute Gasteiger partial charge is 0.393 e. The van der Waals surface area contributed by atoms with Crippen molar-refractivity contribution in [3.8, 4) is 0 Å². The molecular formula is C21H27FN4O. The van der Waals surface area contributed by atoms with Gasteiger partial charge >= 0.3 is 0 Å². The molecular weight excluding hydrogens is 343 g/mol. The highest BCUT2D eigenvalue weighted by molar-refractivity contribution is 5.92. The zero-order valence-electron chi connectivity index (χ0n) is 15.7. The molecule has 1 aliphatic rings. The Morgan fingerprint density at radius 2 is 2.00 bits per heavy atom. The van der Waals surface area contributed by atoms with Gasteiger partial charge in [-0.05, 0) is 54.7 Å². The molecule has 0 atom stereocenters. The summed E-state index contributed by atoms with van der Waals surface area (Å²) in [6.45, 7) is 3.75. The van der Waals surface area contributed by atoms with Gasteiger partial charge in [-0.1, -0.05) is 25.1 Å². The van der Waals surface area contributed by atoms with Crippen molar-refractivity contribution in [3.05, 3.63) is 59.4 Å². The Morgan fingerprint density at radius 3 is 2.70 bits per heavy atom. The van der Waals surface area contributed by atoms with Crippen LogP contribution in [0.25, 0.3) is 0 Å². The summed E-state index contributed by atoms with van der Waals surface area (Å²) in [6, 6.07) is 13.2. The second-order valence-electron chi connectivity index (χ2n) is 6.88. The average molecular weight is 370 g/mol. The van der Waals surface area contributed by atoms with Crippen molar-refractivity contribution >= 4 is 17.3 Å². The predicted molar refractivity (Wildman–Crippen MR) is 109 cm³/mol. The first-order chi connectivity index (χ1) is 13.0. The molecule has 0 spiro atoms. The third-order valence-electron chi connectivity index (χ3n) is 4.86. The summed E-state index contributed by atoms with van der Waals surface area (Å²) in [6.07, 6.45) is 2.03. The molecule has 0 amide bonds. The minimum atomic E-state index is -0.272. The molecule has 0 aliphatic carbocycles. The van der Waals surface area contributed by atoms with E-state index in [-0.39, 0.29) is 11.9 Å². The summed E-state index contributed by atoms with van der Waals surface area (Å²) in [5, 5.41) is 12.7. The fraction of sp³-hybridized carbons (Fsp3) is 0.381. The Balaban J connectivity index is 1.61. The number of aliphatic hydroxyl groups excluding tert-OH is 1. The molecule has 5 nitrogen and oxygen atoms in total. The molecule has 1 aliphatic heterocycles. The number of aliphatic hydroxyl groups is 1. The molecule has 0 unspecified atom stereocenters. The molecule has 2 aromatic rings. The summed E-state index contributed by atoms with van der Waals surface area (Å²) in [5.41, 5.74) is 9.41. The van der Waals surface area contributed by atoms with E-state index in [4.69, 9.17) is 5.73 Å². The van der Waals surface area contributed by atoms with Crippen molar-refractivity contribution in [3.63, 3.8) is 0 Å². The molecule has 1 heterocycles. The molecule has 1 saturated heterocycles. The first-order valence-electron chi connectivity index (χ1n) is 9.42. The van der Waals surface area contributed by atoms with Crippen LogP contribution in [0.2, 0.25) is 0 Å². The maximum Gasteiger partial charge on any atom is 0.193 e. The van der Waals surface area contributed by atoms with E-state index in [1.165, 1.54) is 11.6 Å². The number of piperidine rings is 1. The van der Waals surface area contributed by atoms with Crippen LogP contribution in [0.4, 0.5) is 15.8 Å². The van der Waals surface area contributed by atoms with Crippen molar-refractivity contribution in [1.82, 2.24) is 0 Å². The number of guanidine groups is 1. The first-order valence-corrected chi connectivity index (χ1v) is 9.42. The summed E-state index contributed by atoms with van der Waals surface area (Å²) in [5.74, 6) is 0.0408. The zero-order valence-corrected chi connectivity index (χ0v) is 15.7. The first kappa shape index (κ1) is 19.2. The van der Waals surface area contributed by atoms with E-state index in [0.717, 1.165) is 17.7 Å². The summed E-state index contributed by atoms with van der Waals surface area (Å²) >= 11 is 0. The van der Waals surface area contributed by atoms with E-state index in [1.54, 1.807) is 6.07 Å². The third kappa shape index (κ3) is 5.20. The molecule has 0 radical (unpaired) electrons. The number of anilines is 2. The van der Waals surface area contributed by atoms with E-state index in [1.807, 2.05) is 29.2 Å². The SMILES string of the molecule is CCc1cccc(NC(N)=NCc2ccc(N3CCC(O)CC3)c(F)c2)c1. The average Bonchev–Trinajstić information content (AvgIpc) is 2.67. The summed E-state index contributed by atoms with van der Waals surface area (Å²) in [4.78, 5) is 6.29. The molecule has 3 rings (SSSR count). The van der Waals surface area contributed by atoms with Gasteiger partial charge in [0.1, 0.15) is 5.82 Å². The standard InChI is InChI=1S/C21H27FN4O/c1-2-15-4-3-5-17(12-15)25-21(23)24-14-16-6-7-20(19(22)13-16)26-10-8-18(27)9-11-26/h3-7,12-13,18,27H,2,8-11,14H2,1H3,(H3,23,24,25). The van der Waals surface area contributed by atoms with E-state index in [9.17, 15) is 9.50 Å². The molecule has 27 heavy (non-hydrogen) atoms. The Labute approximate surface area is 159 Å². The smallest absolute Gasteiger partial charge is 0.193 e. The number of rotatable bonds is 5. The normalized spacial score (nSPS) is 15.8. The van der Waals surface area contributed by atoms with Crippen molar-refractivity contribution in [2.45, 2.75) is 38.8 Å². The molecule has 4 N–H and O–H groups in total. The molecule has 0 bridgehead atoms. The molecule has 144 valence electrons. The monoisotopic (exact) mass is 370 g/mol. The summed E-state index contributed by atoms with van der Waals surface area (Å²) < 4.78 is 14.5. The van der Waals surface area contributed by atoms with Crippen LogP contribution < -0.4 is 16.0 Å². The van der Waals surface area contributed by atoms with Crippen LogP contribution >= 0.6 is 0 Å². The van der Waals surface area contributed by atoms with Crippen LogP contribution in [-0.4, -0.2) is 30.3 Å². The minimum Gasteiger partial charge on any atom is -0.393 e. The zero-order chi connectivity index (χ0) is 19.2. The topological polar surface area (TPSA) is 73.9 Å². The maximum absolute atomic E-state index is 14.5. The van der Waals surface area contributed by atoms with Crippen LogP contribution in [0, 0.1) is 5.82 Å². The van der Waals surface area contributed by atoms with Crippen LogP contribution in [-0.2, 0) is 13.0 Å². The molecule has 0 saturated carbocycles. The van der Waals surface area contributed by atoms with E-state index in [2.05, 4.69) is 23.3 Å². The van der Waals surface area contributed by atoms with Gasteiger partial charge in [0.2, 0.25) is 0 Å². The minimum absolute atomic E-state index is 0.263. The number of hydrogen-bond acceptors (Lipinski definition) is 3. The number of halogens is 1. The predicted octanol–water partition coefficient (Wildman–Crippen LogP) is 3.28. The van der Waals surface area contributed by atoms with Gasteiger partial charge < -0.3 is 21.1 Å². The van der Waals surface area contributed by atoms with Crippen molar-refractivity contribution < 1.29 is 9.50 Å². The Morgan fingerprint density at radius 1 is 1.22 bits per heavy atom. The number of aliphatic imine (C=N–C) groups is 1. The van der Waals surface area contributed by atoms with Gasteiger partial charge in [0, 0.05) is 18.8 Å². The third-order valence-corrected chi connectivity index (χ3v) is 4.86. The highest BCUT2D eigenvalue weighted by Gasteiger charge is 2.19. The van der Waals surface area contributed by atoms with Crippen molar-refractivity contribution in [1.29, 1.82) is 0 Å². The van der Waals surface area contributed by atoms with Crippen molar-refractivity contribution in [2.75, 3.05) is 23.3 Å². The second kappa shape index (κ2) is 8.86. The van der Waals surface area contributed by atoms with E-state index in [0.29, 0.717) is 44.1 Å². The second-order valence-corrected chi connectivity index (χ2v) is 6.88.